The average molecular weight is 515 g/mol. The van der Waals surface area contributed by atoms with Crippen molar-refractivity contribution in [1.29, 1.82) is 0 Å². The molecule has 196 valence electrons. The minimum absolute atomic E-state index is 0.0211. The van der Waals surface area contributed by atoms with Gasteiger partial charge in [-0.05, 0) is 65.9 Å². The van der Waals surface area contributed by atoms with Crippen molar-refractivity contribution >= 4 is 23.1 Å². The Morgan fingerprint density at radius 3 is 2.53 bits per heavy atom. The molecule has 1 amide bonds. The van der Waals surface area contributed by atoms with E-state index in [2.05, 4.69) is 19.2 Å². The van der Waals surface area contributed by atoms with E-state index in [1.165, 1.54) is 19.1 Å². The van der Waals surface area contributed by atoms with Crippen LogP contribution in [0.3, 0.4) is 0 Å². The number of nitrogens with zero attached hydrogens (tertiary/aromatic N) is 1. The fraction of sp³-hybridized carbons (Fsp3) is 0.290. The number of amides is 1. The summed E-state index contributed by atoms with van der Waals surface area (Å²) in [5.41, 5.74) is 4.26. The molecule has 3 aromatic carbocycles. The van der Waals surface area contributed by atoms with Crippen LogP contribution in [0.25, 0.3) is 0 Å². The van der Waals surface area contributed by atoms with Gasteiger partial charge in [-0.2, -0.15) is 0 Å². The molecule has 0 aromatic heterocycles. The summed E-state index contributed by atoms with van der Waals surface area (Å²) in [6.07, 6.45) is 1.07. The Hall–Kier alpha value is -4.13. The first-order valence-corrected chi connectivity index (χ1v) is 12.6. The first kappa shape index (κ1) is 25.5. The van der Waals surface area contributed by atoms with Gasteiger partial charge in [-0.3, -0.25) is 14.5 Å². The SMILES string of the molecule is COc1ccc([C@H]2C3=C(CC(C)(C)CC3=O)Nc3ccccc3N2C(C)=O)cc1COc1ccc(F)cc1. The largest absolute Gasteiger partial charge is 0.496 e. The van der Waals surface area contributed by atoms with E-state index in [9.17, 15) is 14.0 Å². The van der Waals surface area contributed by atoms with Crippen molar-refractivity contribution in [3.8, 4) is 11.5 Å². The first-order valence-electron chi connectivity index (χ1n) is 12.6. The molecule has 7 heteroatoms. The van der Waals surface area contributed by atoms with Crippen LogP contribution in [0.15, 0.2) is 78.0 Å². The third kappa shape index (κ3) is 4.88. The number of ketones is 1. The standard InChI is InChI=1S/C31H31FN2O4/c1-19(35)34-26-8-6-5-7-24(26)33-25-16-31(2,3)17-27(36)29(25)30(34)20-9-14-28(37-4)21(15-20)18-38-23-12-10-22(32)11-13-23/h5-15,30,33H,16-18H2,1-4H3/t30-/m0/s1. The molecule has 0 unspecified atom stereocenters. The van der Waals surface area contributed by atoms with Gasteiger partial charge in [0.2, 0.25) is 5.91 Å². The molecule has 1 aliphatic carbocycles. The maximum absolute atomic E-state index is 13.7. The molecule has 0 spiro atoms. The smallest absolute Gasteiger partial charge is 0.224 e. The molecule has 0 saturated heterocycles. The van der Waals surface area contributed by atoms with Gasteiger partial charge in [-0.25, -0.2) is 4.39 Å². The van der Waals surface area contributed by atoms with E-state index in [1.807, 2.05) is 42.5 Å². The predicted octanol–water partition coefficient (Wildman–Crippen LogP) is 6.58. The summed E-state index contributed by atoms with van der Waals surface area (Å²) in [5.74, 6) is 0.644. The summed E-state index contributed by atoms with van der Waals surface area (Å²) < 4.78 is 24.9. The van der Waals surface area contributed by atoms with Crippen molar-refractivity contribution in [2.24, 2.45) is 5.41 Å². The average Bonchev–Trinajstić information content (AvgIpc) is 3.02. The van der Waals surface area contributed by atoms with Gasteiger partial charge < -0.3 is 14.8 Å². The van der Waals surface area contributed by atoms with Gasteiger partial charge in [0, 0.05) is 30.2 Å². The third-order valence-corrected chi connectivity index (χ3v) is 7.07. The molecule has 1 aliphatic heterocycles. The number of anilines is 2. The van der Waals surface area contributed by atoms with Gasteiger partial charge in [-0.15, -0.1) is 0 Å². The molecule has 6 nitrogen and oxygen atoms in total. The van der Waals surface area contributed by atoms with Crippen molar-refractivity contribution in [3.05, 3.63) is 94.9 Å². The van der Waals surface area contributed by atoms with Crippen LogP contribution < -0.4 is 19.7 Å². The number of benzene rings is 3. The molecule has 1 atom stereocenters. The number of hydrogen-bond acceptors (Lipinski definition) is 5. The molecule has 0 saturated carbocycles. The lowest BCUT2D eigenvalue weighted by atomic mass is 9.73. The van der Waals surface area contributed by atoms with E-state index in [4.69, 9.17) is 9.47 Å². The van der Waals surface area contributed by atoms with Gasteiger partial charge in [-0.1, -0.05) is 32.0 Å². The first-order chi connectivity index (χ1) is 18.2. The van der Waals surface area contributed by atoms with E-state index in [1.54, 1.807) is 24.1 Å². The quantitative estimate of drug-likeness (QED) is 0.417. The zero-order valence-corrected chi connectivity index (χ0v) is 22.0. The second kappa shape index (κ2) is 9.97. The number of fused-ring (bicyclic) bond motifs is 1. The maximum Gasteiger partial charge on any atom is 0.224 e. The van der Waals surface area contributed by atoms with E-state index in [0.717, 1.165) is 22.5 Å². The van der Waals surface area contributed by atoms with Crippen LogP contribution >= 0.6 is 0 Å². The zero-order chi connectivity index (χ0) is 27.0. The highest BCUT2D eigenvalue weighted by molar-refractivity contribution is 6.05. The lowest BCUT2D eigenvalue weighted by Crippen LogP contribution is -2.38. The molecule has 0 bridgehead atoms. The topological polar surface area (TPSA) is 67.9 Å². The molecule has 1 heterocycles. The summed E-state index contributed by atoms with van der Waals surface area (Å²) in [5, 5.41) is 3.51. The highest BCUT2D eigenvalue weighted by atomic mass is 19.1. The second-order valence-electron chi connectivity index (χ2n) is 10.6. The maximum atomic E-state index is 13.7. The number of methoxy groups -OCH3 is 1. The number of ether oxygens (including phenoxy) is 2. The summed E-state index contributed by atoms with van der Waals surface area (Å²) in [6.45, 7) is 5.86. The Labute approximate surface area is 222 Å². The Balaban J connectivity index is 1.64. The Morgan fingerprint density at radius 1 is 1.08 bits per heavy atom. The van der Waals surface area contributed by atoms with Crippen molar-refractivity contribution < 1.29 is 23.5 Å². The molecule has 38 heavy (non-hydrogen) atoms. The number of halogens is 1. The number of carbonyl (C=O) groups excluding carboxylic acids is 2. The lowest BCUT2D eigenvalue weighted by Gasteiger charge is -2.37. The number of rotatable bonds is 5. The van der Waals surface area contributed by atoms with Gasteiger partial charge >= 0.3 is 0 Å². The summed E-state index contributed by atoms with van der Waals surface area (Å²) in [6, 6.07) is 18.5. The highest BCUT2D eigenvalue weighted by Gasteiger charge is 2.42. The van der Waals surface area contributed by atoms with Crippen LogP contribution in [-0.2, 0) is 16.2 Å². The summed E-state index contributed by atoms with van der Waals surface area (Å²) in [7, 11) is 1.58. The molecule has 1 N–H and O–H groups in total. The van der Waals surface area contributed by atoms with Crippen molar-refractivity contribution in [2.45, 2.75) is 46.3 Å². The van der Waals surface area contributed by atoms with Gasteiger partial charge in [0.15, 0.2) is 5.78 Å². The Morgan fingerprint density at radius 2 is 1.82 bits per heavy atom. The monoisotopic (exact) mass is 514 g/mol. The normalized spacial score (nSPS) is 18.2. The number of allylic oxidation sites excluding steroid dienone is 1. The number of Topliss-reactive ketones (excluding diaryl/α,β-unsaturated/α-hetero) is 1. The van der Waals surface area contributed by atoms with Gasteiger partial charge in [0.1, 0.15) is 23.9 Å². The third-order valence-electron chi connectivity index (χ3n) is 7.07. The number of carbonyl (C=O) groups is 2. The van der Waals surface area contributed by atoms with E-state index >= 15 is 0 Å². The molecule has 0 radical (unpaired) electrons. The summed E-state index contributed by atoms with van der Waals surface area (Å²) in [4.78, 5) is 28.7. The predicted molar refractivity (Wildman–Crippen MR) is 145 cm³/mol. The van der Waals surface area contributed by atoms with E-state index in [0.29, 0.717) is 35.6 Å². The molecular weight excluding hydrogens is 483 g/mol. The molecule has 5 rings (SSSR count). The second-order valence-corrected chi connectivity index (χ2v) is 10.6. The molecular formula is C31H31FN2O4. The Kier molecular flexibility index (Phi) is 6.69. The van der Waals surface area contributed by atoms with Crippen LogP contribution in [0.5, 0.6) is 11.5 Å². The van der Waals surface area contributed by atoms with Crippen molar-refractivity contribution in [2.75, 3.05) is 17.3 Å². The zero-order valence-electron chi connectivity index (χ0n) is 22.0. The minimum Gasteiger partial charge on any atom is -0.496 e. The fourth-order valence-corrected chi connectivity index (χ4v) is 5.42. The van der Waals surface area contributed by atoms with Crippen molar-refractivity contribution in [3.63, 3.8) is 0 Å². The highest BCUT2D eigenvalue weighted by Crippen LogP contribution is 2.48. The van der Waals surface area contributed by atoms with Crippen LogP contribution in [0.2, 0.25) is 0 Å². The van der Waals surface area contributed by atoms with Crippen molar-refractivity contribution in [1.82, 2.24) is 0 Å². The lowest BCUT2D eigenvalue weighted by molar-refractivity contribution is -0.118. The van der Waals surface area contributed by atoms with E-state index in [-0.39, 0.29) is 29.5 Å². The van der Waals surface area contributed by atoms with Crippen LogP contribution in [-0.4, -0.2) is 18.8 Å². The molecule has 0 fully saturated rings. The molecule has 3 aromatic rings. The fourth-order valence-electron chi connectivity index (χ4n) is 5.42. The Bertz CT molecular complexity index is 1430. The molecule has 2 aliphatic rings. The number of hydrogen-bond donors (Lipinski definition) is 1. The number of para-hydroxylation sites is 2. The van der Waals surface area contributed by atoms with Gasteiger partial charge in [0.25, 0.3) is 0 Å². The van der Waals surface area contributed by atoms with Crippen LogP contribution in [0.4, 0.5) is 15.8 Å². The summed E-state index contributed by atoms with van der Waals surface area (Å²) >= 11 is 0. The van der Waals surface area contributed by atoms with E-state index < -0.39 is 6.04 Å². The minimum atomic E-state index is -0.627. The number of nitrogens with one attached hydrogen (secondary N) is 1. The van der Waals surface area contributed by atoms with Crippen LogP contribution in [0, 0.1) is 11.2 Å². The van der Waals surface area contributed by atoms with Gasteiger partial charge in [0.05, 0.1) is 24.5 Å². The van der Waals surface area contributed by atoms with Crippen LogP contribution in [0.1, 0.15) is 50.8 Å².